The zero-order chi connectivity index (χ0) is 22.5. The average Bonchev–Trinajstić information content (AvgIpc) is 2.78. The van der Waals surface area contributed by atoms with Crippen LogP contribution in [-0.2, 0) is 20.0 Å². The van der Waals surface area contributed by atoms with Crippen LogP contribution in [0.25, 0.3) is 0 Å². The van der Waals surface area contributed by atoms with E-state index < -0.39 is 10.5 Å². The van der Waals surface area contributed by atoms with E-state index in [1.165, 1.54) is 42.6 Å². The van der Waals surface area contributed by atoms with Crippen molar-refractivity contribution < 1.29 is 26.0 Å². The number of nitrogens with zero attached hydrogens (tertiary/aromatic N) is 1. The normalized spacial score (nSPS) is 16.3. The summed E-state index contributed by atoms with van der Waals surface area (Å²) in [7, 11) is -4.89. The third-order valence-electron chi connectivity index (χ3n) is 4.70. The molecule has 0 spiro atoms. The molecule has 8 heteroatoms. The fourth-order valence-electron chi connectivity index (χ4n) is 2.97. The summed E-state index contributed by atoms with van der Waals surface area (Å²) < 4.78 is 46.3. The molecule has 0 aliphatic carbocycles. The first-order valence-electron chi connectivity index (χ1n) is 10.5. The van der Waals surface area contributed by atoms with E-state index in [1.54, 1.807) is 12.1 Å². The third kappa shape index (κ3) is 11.1. The van der Waals surface area contributed by atoms with Gasteiger partial charge in [-0.15, -0.1) is 0 Å². The first-order chi connectivity index (χ1) is 14.8. The van der Waals surface area contributed by atoms with Gasteiger partial charge in [-0.2, -0.15) is 8.42 Å². The fraction of sp³-hybridized carbons (Fsp3) is 0.478. The molecule has 0 N–H and O–H groups in total. The molecule has 6 nitrogen and oxygen atoms in total. The lowest BCUT2D eigenvalue weighted by Gasteiger charge is -2.28. The Balaban J connectivity index is 0.000000176. The lowest BCUT2D eigenvalue weighted by atomic mass is 10.2. The van der Waals surface area contributed by atoms with Gasteiger partial charge in [0.15, 0.2) is 0 Å². The second-order valence-corrected chi connectivity index (χ2v) is 8.35. The molecule has 2 aliphatic heterocycles. The summed E-state index contributed by atoms with van der Waals surface area (Å²) in [5, 5.41) is 0. The van der Waals surface area contributed by atoms with Crippen molar-refractivity contribution in [3.05, 3.63) is 59.7 Å². The number of benzene rings is 2. The fourth-order valence-corrected chi connectivity index (χ4v) is 3.31. The Hall–Kier alpha value is -2.16. The number of aryl methyl sites for hydroxylation is 2. The van der Waals surface area contributed by atoms with Gasteiger partial charge in [-0.05, 0) is 57.4 Å². The van der Waals surface area contributed by atoms with Gasteiger partial charge in [0, 0.05) is 32.0 Å². The molecule has 31 heavy (non-hydrogen) atoms. The molecule has 0 amide bonds. The molecule has 2 fully saturated rings. The number of hydrogen-bond donors (Lipinski definition) is 0. The summed E-state index contributed by atoms with van der Waals surface area (Å²) in [5.41, 5.74) is 3.57. The van der Waals surface area contributed by atoms with E-state index in [2.05, 4.69) is 40.3 Å². The first kappa shape index (κ1) is 25.1. The largest absolute Gasteiger partial charge is 0.488 e. The molecule has 172 valence electrons. The Morgan fingerprint density at radius 3 is 1.68 bits per heavy atom. The van der Waals surface area contributed by atoms with E-state index in [0.29, 0.717) is 0 Å². The molecule has 2 aromatic carbocycles. The number of ether oxygens (including phenoxy) is 2. The van der Waals surface area contributed by atoms with Crippen LogP contribution < -0.4 is 9.08 Å². The van der Waals surface area contributed by atoms with Crippen molar-refractivity contribution in [2.45, 2.75) is 33.1 Å². The van der Waals surface area contributed by atoms with Gasteiger partial charge in [0.05, 0.1) is 13.2 Å². The molecule has 2 saturated heterocycles. The molecule has 0 atom stereocenters. The summed E-state index contributed by atoms with van der Waals surface area (Å²) in [6, 6.07) is 14.7. The molecule has 2 heterocycles. The summed E-state index contributed by atoms with van der Waals surface area (Å²) in [4.78, 5) is 2.36. The van der Waals surface area contributed by atoms with Gasteiger partial charge < -0.3 is 18.6 Å². The zero-order valence-corrected chi connectivity index (χ0v) is 19.1. The third-order valence-corrected chi connectivity index (χ3v) is 5.10. The van der Waals surface area contributed by atoms with Crippen LogP contribution in [0.5, 0.6) is 5.75 Å². The van der Waals surface area contributed by atoms with Crippen LogP contribution >= 0.6 is 0 Å². The maximum Gasteiger partial charge on any atom is 0.488 e. The van der Waals surface area contributed by atoms with Gasteiger partial charge in [0.2, 0.25) is 0 Å². The Bertz CT molecular complexity index is 835. The Morgan fingerprint density at radius 2 is 1.26 bits per heavy atom. The van der Waals surface area contributed by atoms with E-state index in [1.807, 2.05) is 6.92 Å². The van der Waals surface area contributed by atoms with E-state index in [9.17, 15) is 12.3 Å². The molecule has 0 bridgehead atoms. The van der Waals surface area contributed by atoms with Crippen molar-refractivity contribution >= 4 is 16.2 Å². The number of anilines is 1. The second-order valence-electron chi connectivity index (χ2n) is 7.40. The van der Waals surface area contributed by atoms with Crippen molar-refractivity contribution in [3.8, 4) is 5.75 Å². The highest BCUT2D eigenvalue weighted by Crippen LogP contribution is 2.16. The van der Waals surface area contributed by atoms with Crippen molar-refractivity contribution in [3.63, 3.8) is 0 Å². The van der Waals surface area contributed by atoms with Crippen LogP contribution in [0.1, 0.15) is 30.4 Å². The Kier molecular flexibility index (Phi) is 10.8. The Morgan fingerprint density at radius 1 is 0.774 bits per heavy atom. The van der Waals surface area contributed by atoms with Gasteiger partial charge in [0.25, 0.3) is 0 Å². The van der Waals surface area contributed by atoms with E-state index in [0.717, 1.165) is 45.1 Å². The van der Waals surface area contributed by atoms with Crippen LogP contribution in [-0.4, -0.2) is 47.9 Å². The number of halogens is 1. The number of rotatable bonds is 3. The predicted molar refractivity (Wildman–Crippen MR) is 121 cm³/mol. The monoisotopic (exact) mass is 453 g/mol. The standard InChI is InChI=1S/C11H15NO.C7H7FO3S.C5H10O/c1-10-2-4-11(5-3-10)12-6-8-13-9-7-12;1-6-2-4-7(5-3-6)11-12(8,9)10;1-2-4-6-5-3-1/h2-5H,6-9H2,1H3;2-5H,1H3;1-5H2. The van der Waals surface area contributed by atoms with E-state index >= 15 is 0 Å². The highest BCUT2D eigenvalue weighted by Gasteiger charge is 2.10. The van der Waals surface area contributed by atoms with Gasteiger partial charge in [-0.25, -0.2) is 0 Å². The maximum absolute atomic E-state index is 11.9. The Labute approximate surface area is 185 Å². The minimum Gasteiger partial charge on any atom is -0.381 e. The van der Waals surface area contributed by atoms with Crippen molar-refractivity contribution in [2.75, 3.05) is 44.4 Å². The lowest BCUT2D eigenvalue weighted by Crippen LogP contribution is -2.36. The average molecular weight is 454 g/mol. The molecular weight excluding hydrogens is 421 g/mol. The highest BCUT2D eigenvalue weighted by molar-refractivity contribution is 7.81. The predicted octanol–water partition coefficient (Wildman–Crippen LogP) is 4.61. The summed E-state index contributed by atoms with van der Waals surface area (Å²) >= 11 is 0. The van der Waals surface area contributed by atoms with Crippen molar-refractivity contribution in [1.82, 2.24) is 0 Å². The molecule has 0 radical (unpaired) electrons. The molecule has 0 saturated carbocycles. The smallest absolute Gasteiger partial charge is 0.381 e. The number of morpholine rings is 1. The molecule has 0 unspecified atom stereocenters. The topological polar surface area (TPSA) is 65.1 Å². The quantitative estimate of drug-likeness (QED) is 0.633. The van der Waals surface area contributed by atoms with Crippen LogP contribution in [0.4, 0.5) is 9.57 Å². The molecular formula is C23H32FNO5S. The van der Waals surface area contributed by atoms with Crippen LogP contribution in [0, 0.1) is 13.8 Å². The van der Waals surface area contributed by atoms with Gasteiger partial charge >= 0.3 is 10.5 Å². The zero-order valence-electron chi connectivity index (χ0n) is 18.3. The van der Waals surface area contributed by atoms with E-state index in [4.69, 9.17) is 9.47 Å². The van der Waals surface area contributed by atoms with Crippen molar-refractivity contribution in [2.24, 2.45) is 0 Å². The van der Waals surface area contributed by atoms with Crippen LogP contribution in [0.2, 0.25) is 0 Å². The molecule has 2 aliphatic rings. The SMILES string of the molecule is C1CCOCC1.Cc1ccc(N2CCOCC2)cc1.Cc1ccc(OS(=O)(=O)F)cc1. The lowest BCUT2D eigenvalue weighted by molar-refractivity contribution is 0.0968. The minimum absolute atomic E-state index is 0.0249. The van der Waals surface area contributed by atoms with Crippen LogP contribution in [0.15, 0.2) is 48.5 Å². The summed E-state index contributed by atoms with van der Waals surface area (Å²) in [5.74, 6) is -0.0249. The summed E-state index contributed by atoms with van der Waals surface area (Å²) in [6.07, 6.45) is 3.93. The first-order valence-corrected chi connectivity index (χ1v) is 11.8. The molecule has 4 rings (SSSR count). The van der Waals surface area contributed by atoms with Gasteiger partial charge in [-0.1, -0.05) is 39.3 Å². The van der Waals surface area contributed by atoms with Crippen LogP contribution in [0.3, 0.4) is 0 Å². The van der Waals surface area contributed by atoms with Crippen molar-refractivity contribution in [1.29, 1.82) is 0 Å². The molecule has 2 aromatic rings. The van der Waals surface area contributed by atoms with Gasteiger partial charge in [-0.3, -0.25) is 0 Å². The second kappa shape index (κ2) is 13.3. The minimum atomic E-state index is -4.89. The van der Waals surface area contributed by atoms with E-state index in [-0.39, 0.29) is 5.75 Å². The number of hydrogen-bond acceptors (Lipinski definition) is 6. The summed E-state index contributed by atoms with van der Waals surface area (Å²) in [6.45, 7) is 9.69. The maximum atomic E-state index is 11.9. The highest BCUT2D eigenvalue weighted by atomic mass is 32.3. The molecule has 0 aromatic heterocycles. The van der Waals surface area contributed by atoms with Gasteiger partial charge in [0.1, 0.15) is 5.75 Å².